The first-order chi connectivity index (χ1) is 25.3. The first kappa shape index (κ1) is 41.8. The molecule has 3 amide bonds. The molecule has 12 heteroatoms. The van der Waals surface area contributed by atoms with Crippen molar-refractivity contribution < 1.29 is 33.4 Å². The van der Waals surface area contributed by atoms with E-state index < -0.39 is 41.1 Å². The first-order valence-corrected chi connectivity index (χ1v) is 19.0. The third-order valence-electron chi connectivity index (χ3n) is 9.83. The van der Waals surface area contributed by atoms with Crippen molar-refractivity contribution in [3.8, 4) is 0 Å². The van der Waals surface area contributed by atoms with E-state index in [1.165, 1.54) is 0 Å². The van der Waals surface area contributed by atoms with Gasteiger partial charge in [-0.3, -0.25) is 24.1 Å². The fourth-order valence-corrected chi connectivity index (χ4v) is 6.60. The first-order valence-electron chi connectivity index (χ1n) is 19.0. The topological polar surface area (TPSA) is 158 Å². The largest absolute Gasteiger partial charge is 0.379 e. The highest BCUT2D eigenvalue weighted by Gasteiger charge is 2.50. The van der Waals surface area contributed by atoms with Crippen LogP contribution < -0.4 is 21.3 Å². The number of hydrogen-bond donors (Lipinski definition) is 4. The van der Waals surface area contributed by atoms with Crippen LogP contribution in [0.25, 0.3) is 0 Å². The van der Waals surface area contributed by atoms with E-state index in [4.69, 9.17) is 9.47 Å². The molecule has 2 aromatic rings. The van der Waals surface area contributed by atoms with Gasteiger partial charge in [-0.2, -0.15) is 0 Å². The Morgan fingerprint density at radius 2 is 1.38 bits per heavy atom. The van der Waals surface area contributed by atoms with Gasteiger partial charge in [0.1, 0.15) is 23.5 Å². The van der Waals surface area contributed by atoms with Crippen LogP contribution in [0.5, 0.6) is 0 Å². The summed E-state index contributed by atoms with van der Waals surface area (Å²) in [6.07, 6.45) is 2.65. The van der Waals surface area contributed by atoms with Gasteiger partial charge >= 0.3 is 0 Å². The van der Waals surface area contributed by atoms with Crippen LogP contribution in [-0.2, 0) is 46.3 Å². The zero-order chi connectivity index (χ0) is 38.4. The number of ketones is 1. The number of rotatable bonds is 22. The second-order valence-electron chi connectivity index (χ2n) is 15.6. The predicted octanol–water partition coefficient (Wildman–Crippen LogP) is 2.63. The van der Waals surface area contributed by atoms with Crippen molar-refractivity contribution in [1.29, 1.82) is 0 Å². The number of nitrogens with one attached hydrogen (secondary N) is 4. The van der Waals surface area contributed by atoms with Crippen molar-refractivity contribution in [2.75, 3.05) is 46.0 Å². The highest BCUT2D eigenvalue weighted by atomic mass is 16.6. The molecule has 53 heavy (non-hydrogen) atoms. The van der Waals surface area contributed by atoms with Gasteiger partial charge in [-0.1, -0.05) is 88.4 Å². The fraction of sp³-hybridized carbons (Fsp3) is 0.585. The molecule has 2 fully saturated rings. The molecule has 4 N–H and O–H groups in total. The van der Waals surface area contributed by atoms with Crippen molar-refractivity contribution in [1.82, 2.24) is 26.2 Å². The summed E-state index contributed by atoms with van der Waals surface area (Å²) in [5.41, 5.74) is -0.361. The van der Waals surface area contributed by atoms with E-state index in [9.17, 15) is 24.0 Å². The zero-order valence-corrected chi connectivity index (χ0v) is 32.0. The van der Waals surface area contributed by atoms with Crippen molar-refractivity contribution in [3.63, 3.8) is 0 Å². The maximum Gasteiger partial charge on any atom is 0.243 e. The second-order valence-corrected chi connectivity index (χ2v) is 15.6. The second kappa shape index (κ2) is 19.9. The van der Waals surface area contributed by atoms with Crippen molar-refractivity contribution >= 4 is 29.8 Å². The van der Waals surface area contributed by atoms with E-state index >= 15 is 0 Å². The molecule has 0 aliphatic carbocycles. The number of carbonyl (C=O) groups is 5. The Labute approximate surface area is 314 Å². The summed E-state index contributed by atoms with van der Waals surface area (Å²) in [5, 5.41) is 12.3. The van der Waals surface area contributed by atoms with E-state index in [2.05, 4.69) is 21.3 Å². The molecule has 2 saturated heterocycles. The lowest BCUT2D eigenvalue weighted by Gasteiger charge is -2.34. The summed E-state index contributed by atoms with van der Waals surface area (Å²) in [4.78, 5) is 69.9. The van der Waals surface area contributed by atoms with Crippen LogP contribution >= 0.6 is 0 Å². The SMILES string of the molecule is CC(C)CC(NCC(C=O)(CCc1ccccc1)NC(=O)CN1CCOCC1)C(=O)NC(Cc1ccccc1)C(=O)NC(CC(C)C)C(=O)C1(C)CO1. The maximum atomic E-state index is 14.2. The van der Waals surface area contributed by atoms with Crippen molar-refractivity contribution in [2.45, 2.75) is 96.0 Å². The number of hydrogen-bond acceptors (Lipinski definition) is 9. The number of epoxide rings is 1. The molecule has 12 nitrogen and oxygen atoms in total. The molecule has 0 bridgehead atoms. The van der Waals surface area contributed by atoms with Gasteiger partial charge in [0, 0.05) is 26.1 Å². The molecule has 0 saturated carbocycles. The van der Waals surface area contributed by atoms with Crippen LogP contribution in [0, 0.1) is 11.8 Å². The van der Waals surface area contributed by atoms with Crippen LogP contribution in [0.3, 0.4) is 0 Å². The summed E-state index contributed by atoms with van der Waals surface area (Å²) in [5.74, 6) is -1.13. The van der Waals surface area contributed by atoms with Crippen LogP contribution in [0.15, 0.2) is 60.7 Å². The third-order valence-corrected chi connectivity index (χ3v) is 9.83. The lowest BCUT2D eigenvalue weighted by atomic mass is 9.91. The van der Waals surface area contributed by atoms with E-state index in [1.807, 2.05) is 93.3 Å². The molecule has 2 aliphatic rings. The highest BCUT2D eigenvalue weighted by Crippen LogP contribution is 2.29. The van der Waals surface area contributed by atoms with Gasteiger partial charge in [0.25, 0.3) is 0 Å². The van der Waals surface area contributed by atoms with Gasteiger partial charge in [0.15, 0.2) is 5.78 Å². The number of aldehydes is 1. The smallest absolute Gasteiger partial charge is 0.243 e. The van der Waals surface area contributed by atoms with Crippen molar-refractivity contribution in [3.05, 3.63) is 71.8 Å². The van der Waals surface area contributed by atoms with Gasteiger partial charge < -0.3 is 35.5 Å². The molecule has 0 spiro atoms. The number of amides is 3. The maximum absolute atomic E-state index is 14.2. The average Bonchev–Trinajstić information content (AvgIpc) is 3.90. The Kier molecular flexibility index (Phi) is 15.7. The lowest BCUT2D eigenvalue weighted by Crippen LogP contribution is -2.62. The molecule has 5 unspecified atom stereocenters. The number of morpholine rings is 1. The van der Waals surface area contributed by atoms with Crippen LogP contribution in [0.2, 0.25) is 0 Å². The molecular formula is C41H59N5O7. The summed E-state index contributed by atoms with van der Waals surface area (Å²) in [6, 6.07) is 16.6. The van der Waals surface area contributed by atoms with Gasteiger partial charge in [-0.15, -0.1) is 0 Å². The predicted molar refractivity (Wildman–Crippen MR) is 203 cm³/mol. The quantitative estimate of drug-likeness (QED) is 0.106. The minimum absolute atomic E-state index is 0.00207. The summed E-state index contributed by atoms with van der Waals surface area (Å²) >= 11 is 0. The Morgan fingerprint density at radius 3 is 1.94 bits per heavy atom. The summed E-state index contributed by atoms with van der Waals surface area (Å²) in [6.45, 7) is 12.4. The molecule has 5 atom stereocenters. The number of Topliss-reactive ketones (excluding diaryl/α,β-unsaturated/α-hetero) is 1. The summed E-state index contributed by atoms with van der Waals surface area (Å²) < 4.78 is 10.8. The normalized spacial score (nSPS) is 20.1. The van der Waals surface area contributed by atoms with E-state index in [0.717, 1.165) is 17.4 Å². The average molecular weight is 734 g/mol. The Bertz CT molecular complexity index is 1490. The molecule has 0 aromatic heterocycles. The molecule has 2 aromatic carbocycles. The molecule has 290 valence electrons. The lowest BCUT2D eigenvalue weighted by molar-refractivity contribution is -0.133. The molecule has 2 heterocycles. The molecular weight excluding hydrogens is 674 g/mol. The zero-order valence-electron chi connectivity index (χ0n) is 32.0. The van der Waals surface area contributed by atoms with Crippen molar-refractivity contribution in [2.24, 2.45) is 11.8 Å². The number of ether oxygens (including phenoxy) is 2. The number of benzene rings is 2. The molecule has 4 rings (SSSR count). The van der Waals surface area contributed by atoms with Gasteiger partial charge in [0.05, 0.1) is 38.4 Å². The summed E-state index contributed by atoms with van der Waals surface area (Å²) in [7, 11) is 0. The minimum Gasteiger partial charge on any atom is -0.379 e. The highest BCUT2D eigenvalue weighted by molar-refractivity contribution is 5.98. The van der Waals surface area contributed by atoms with E-state index in [0.29, 0.717) is 58.6 Å². The number of aryl methyl sites for hydroxylation is 1. The third kappa shape index (κ3) is 13.4. The van der Waals surface area contributed by atoms with Gasteiger partial charge in [-0.05, 0) is 55.6 Å². The standard InChI is InChI=1S/C41H59N5O7/c1-29(2)22-33(37(49)40(5)28-53-40)43-39(51)35(24-32-14-10-7-11-15-32)44-38(50)34(23-30(3)4)42-26-41(27-47,17-16-31-12-8-6-9-13-31)45-36(48)25-46-18-20-52-21-19-46/h6-15,27,29-30,33-35,42H,16-26,28H2,1-5H3,(H,43,51)(H,44,50)(H,45,48). The number of carbonyl (C=O) groups excluding carboxylic acids is 5. The Morgan fingerprint density at radius 1 is 0.830 bits per heavy atom. The van der Waals surface area contributed by atoms with Crippen LogP contribution in [-0.4, -0.2) is 110 Å². The monoisotopic (exact) mass is 733 g/mol. The van der Waals surface area contributed by atoms with Crippen LogP contribution in [0.1, 0.15) is 65.0 Å². The molecule has 0 radical (unpaired) electrons. The van der Waals surface area contributed by atoms with E-state index in [1.54, 1.807) is 6.92 Å². The van der Waals surface area contributed by atoms with Gasteiger partial charge in [-0.25, -0.2) is 0 Å². The van der Waals surface area contributed by atoms with Crippen LogP contribution in [0.4, 0.5) is 0 Å². The Hall–Kier alpha value is -3.97. The van der Waals surface area contributed by atoms with E-state index in [-0.39, 0.29) is 43.0 Å². The molecule has 2 aliphatic heterocycles. The fourth-order valence-electron chi connectivity index (χ4n) is 6.60. The Balaban J connectivity index is 1.53. The number of nitrogens with zero attached hydrogens (tertiary/aromatic N) is 1. The minimum atomic E-state index is -1.30. The van der Waals surface area contributed by atoms with Gasteiger partial charge in [0.2, 0.25) is 17.7 Å².